The van der Waals surface area contributed by atoms with Crippen molar-refractivity contribution in [3.63, 3.8) is 0 Å². The summed E-state index contributed by atoms with van der Waals surface area (Å²) in [6.07, 6.45) is 2.30. The lowest BCUT2D eigenvalue weighted by Gasteiger charge is -2.34. The second kappa shape index (κ2) is 6.61. The Balaban J connectivity index is 2.16. The summed E-state index contributed by atoms with van der Waals surface area (Å²) in [6, 6.07) is 5.44. The van der Waals surface area contributed by atoms with E-state index in [9.17, 15) is 4.79 Å². The zero-order valence-electron chi connectivity index (χ0n) is 12.2. The van der Waals surface area contributed by atoms with Crippen LogP contribution in [-0.2, 0) is 4.74 Å². The summed E-state index contributed by atoms with van der Waals surface area (Å²) in [5, 5.41) is 2.68. The maximum Gasteiger partial charge on any atom is 0.253 e. The van der Waals surface area contributed by atoms with Crippen LogP contribution in [0.5, 0.6) is 0 Å². The average molecular weight is 277 g/mol. The number of hydrogen-bond donors (Lipinski definition) is 2. The van der Waals surface area contributed by atoms with Gasteiger partial charge < -0.3 is 20.7 Å². The largest absolute Gasteiger partial charge is 0.399 e. The lowest BCUT2D eigenvalue weighted by Crippen LogP contribution is -2.38. The molecule has 1 aliphatic rings. The summed E-state index contributed by atoms with van der Waals surface area (Å²) in [7, 11) is 1.64. The Morgan fingerprint density at radius 1 is 1.45 bits per heavy atom. The van der Waals surface area contributed by atoms with Crippen molar-refractivity contribution in [3.05, 3.63) is 23.8 Å². The predicted molar refractivity (Wildman–Crippen MR) is 81.1 cm³/mol. The van der Waals surface area contributed by atoms with Crippen LogP contribution in [0, 0.1) is 0 Å². The van der Waals surface area contributed by atoms with Crippen LogP contribution in [0.1, 0.15) is 30.1 Å². The van der Waals surface area contributed by atoms with Crippen molar-refractivity contribution in [2.45, 2.75) is 25.9 Å². The topological polar surface area (TPSA) is 67.6 Å². The maximum absolute atomic E-state index is 12.0. The summed E-state index contributed by atoms with van der Waals surface area (Å²) in [5.74, 6) is -0.0769. The molecule has 3 N–H and O–H groups in total. The zero-order chi connectivity index (χ0) is 14.5. The van der Waals surface area contributed by atoms with Gasteiger partial charge in [-0.25, -0.2) is 0 Å². The molecular weight excluding hydrogens is 254 g/mol. The van der Waals surface area contributed by atoms with Gasteiger partial charge in [0.2, 0.25) is 0 Å². The molecule has 1 heterocycles. The summed E-state index contributed by atoms with van der Waals surface area (Å²) < 4.78 is 5.66. The molecule has 5 heteroatoms. The van der Waals surface area contributed by atoms with Crippen molar-refractivity contribution in [1.82, 2.24) is 5.32 Å². The molecule has 2 rings (SSSR count). The molecule has 1 amide bonds. The van der Waals surface area contributed by atoms with Crippen LogP contribution >= 0.6 is 0 Å². The van der Waals surface area contributed by atoms with E-state index in [2.05, 4.69) is 10.2 Å². The molecule has 0 spiro atoms. The van der Waals surface area contributed by atoms with E-state index >= 15 is 0 Å². The molecule has 20 heavy (non-hydrogen) atoms. The quantitative estimate of drug-likeness (QED) is 0.821. The second-order valence-electron chi connectivity index (χ2n) is 5.00. The molecule has 0 unspecified atom stereocenters. The van der Waals surface area contributed by atoms with Gasteiger partial charge in [0.05, 0.1) is 17.4 Å². The Morgan fingerprint density at radius 3 is 2.75 bits per heavy atom. The number of nitrogens with zero attached hydrogens (tertiary/aromatic N) is 1. The van der Waals surface area contributed by atoms with Crippen molar-refractivity contribution in [2.24, 2.45) is 0 Å². The van der Waals surface area contributed by atoms with Crippen LogP contribution in [0.2, 0.25) is 0 Å². The van der Waals surface area contributed by atoms with Gasteiger partial charge in [-0.2, -0.15) is 0 Å². The first-order valence-corrected chi connectivity index (χ1v) is 7.13. The zero-order valence-corrected chi connectivity index (χ0v) is 12.2. The van der Waals surface area contributed by atoms with Gasteiger partial charge in [-0.05, 0) is 38.0 Å². The number of carbonyl (C=O) groups excluding carboxylic acids is 1. The van der Waals surface area contributed by atoms with Crippen molar-refractivity contribution in [2.75, 3.05) is 37.4 Å². The Labute approximate surface area is 120 Å². The van der Waals surface area contributed by atoms with E-state index in [0.29, 0.717) is 17.4 Å². The van der Waals surface area contributed by atoms with Crippen molar-refractivity contribution in [3.8, 4) is 0 Å². The fraction of sp³-hybridized carbons (Fsp3) is 0.533. The number of nitrogens with one attached hydrogen (secondary N) is 1. The summed E-state index contributed by atoms with van der Waals surface area (Å²) >= 11 is 0. The third-order valence-electron chi connectivity index (χ3n) is 3.68. The predicted octanol–water partition coefficient (Wildman–Crippen LogP) is 1.63. The van der Waals surface area contributed by atoms with E-state index in [1.807, 2.05) is 13.0 Å². The fourth-order valence-corrected chi connectivity index (χ4v) is 2.64. The van der Waals surface area contributed by atoms with Crippen LogP contribution in [0.25, 0.3) is 0 Å². The van der Waals surface area contributed by atoms with E-state index in [1.165, 1.54) is 0 Å². The number of amides is 1. The number of nitrogen functional groups attached to an aromatic ring is 1. The molecule has 1 aromatic carbocycles. The van der Waals surface area contributed by atoms with E-state index in [0.717, 1.165) is 38.2 Å². The smallest absolute Gasteiger partial charge is 0.253 e. The molecule has 0 aromatic heterocycles. The van der Waals surface area contributed by atoms with Crippen LogP contribution in [0.15, 0.2) is 18.2 Å². The molecule has 0 atom stereocenters. The van der Waals surface area contributed by atoms with Gasteiger partial charge in [0.1, 0.15) is 0 Å². The number of nitrogens with two attached hydrogens (primary N) is 1. The number of carbonyl (C=O) groups is 1. The van der Waals surface area contributed by atoms with E-state index in [4.69, 9.17) is 10.5 Å². The summed E-state index contributed by atoms with van der Waals surface area (Å²) in [6.45, 7) is 4.55. The number of piperidine rings is 1. The molecule has 0 aliphatic carbocycles. The monoisotopic (exact) mass is 277 g/mol. The molecule has 5 nitrogen and oxygen atoms in total. The molecule has 1 aromatic rings. The van der Waals surface area contributed by atoms with Crippen molar-refractivity contribution in [1.29, 1.82) is 0 Å². The molecule has 0 bridgehead atoms. The minimum absolute atomic E-state index is 0.0769. The van der Waals surface area contributed by atoms with E-state index in [1.54, 1.807) is 19.2 Å². The first kappa shape index (κ1) is 14.7. The molecule has 1 saturated heterocycles. The van der Waals surface area contributed by atoms with Crippen LogP contribution in [0.4, 0.5) is 11.4 Å². The van der Waals surface area contributed by atoms with Gasteiger partial charge in [0, 0.05) is 32.4 Å². The highest BCUT2D eigenvalue weighted by Gasteiger charge is 2.22. The summed E-state index contributed by atoms with van der Waals surface area (Å²) in [4.78, 5) is 14.2. The van der Waals surface area contributed by atoms with Crippen LogP contribution < -0.4 is 16.0 Å². The molecule has 110 valence electrons. The number of hydrogen-bond acceptors (Lipinski definition) is 4. The lowest BCUT2D eigenvalue weighted by atomic mass is 10.0. The standard InChI is InChI=1S/C15H23N3O2/c1-3-20-12-6-8-18(9-7-12)14-10-11(16)4-5-13(14)15(19)17-2/h4-5,10,12H,3,6-9,16H2,1-2H3,(H,17,19). The minimum Gasteiger partial charge on any atom is -0.399 e. The SMILES string of the molecule is CCOC1CCN(c2cc(N)ccc2C(=O)NC)CC1. The third-order valence-corrected chi connectivity index (χ3v) is 3.68. The molecule has 0 radical (unpaired) electrons. The van der Waals surface area contributed by atoms with Gasteiger partial charge in [0.25, 0.3) is 5.91 Å². The Kier molecular flexibility index (Phi) is 4.84. The molecule has 1 aliphatic heterocycles. The summed E-state index contributed by atoms with van der Waals surface area (Å²) in [5.41, 5.74) is 8.14. The third kappa shape index (κ3) is 3.22. The highest BCUT2D eigenvalue weighted by molar-refractivity contribution is 6.00. The normalized spacial score (nSPS) is 16.2. The minimum atomic E-state index is -0.0769. The average Bonchev–Trinajstić information content (AvgIpc) is 2.47. The molecule has 1 fully saturated rings. The first-order chi connectivity index (χ1) is 9.65. The Hall–Kier alpha value is -1.75. The highest BCUT2D eigenvalue weighted by Crippen LogP contribution is 2.27. The molecular formula is C15H23N3O2. The van der Waals surface area contributed by atoms with Gasteiger partial charge >= 0.3 is 0 Å². The van der Waals surface area contributed by atoms with E-state index in [-0.39, 0.29) is 5.91 Å². The van der Waals surface area contributed by atoms with Crippen molar-refractivity contribution >= 4 is 17.3 Å². The number of benzene rings is 1. The Morgan fingerprint density at radius 2 is 2.15 bits per heavy atom. The number of ether oxygens (including phenoxy) is 1. The number of rotatable bonds is 4. The van der Waals surface area contributed by atoms with E-state index < -0.39 is 0 Å². The van der Waals surface area contributed by atoms with Crippen LogP contribution in [-0.4, -0.2) is 38.8 Å². The lowest BCUT2D eigenvalue weighted by molar-refractivity contribution is 0.0459. The maximum atomic E-state index is 12.0. The van der Waals surface area contributed by atoms with Crippen molar-refractivity contribution < 1.29 is 9.53 Å². The van der Waals surface area contributed by atoms with Gasteiger partial charge in [0.15, 0.2) is 0 Å². The highest BCUT2D eigenvalue weighted by atomic mass is 16.5. The molecule has 0 saturated carbocycles. The van der Waals surface area contributed by atoms with Crippen LogP contribution in [0.3, 0.4) is 0 Å². The Bertz CT molecular complexity index is 468. The van der Waals surface area contributed by atoms with Gasteiger partial charge in [-0.1, -0.05) is 0 Å². The first-order valence-electron chi connectivity index (χ1n) is 7.13. The fourth-order valence-electron chi connectivity index (χ4n) is 2.64. The number of anilines is 2. The second-order valence-corrected chi connectivity index (χ2v) is 5.00. The van der Waals surface area contributed by atoms with Gasteiger partial charge in [-0.3, -0.25) is 4.79 Å². The van der Waals surface area contributed by atoms with Gasteiger partial charge in [-0.15, -0.1) is 0 Å².